The third-order valence-corrected chi connectivity index (χ3v) is 7.62. The predicted molar refractivity (Wildman–Crippen MR) is 120 cm³/mol. The number of halogens is 2. The minimum absolute atomic E-state index is 0. The molecule has 0 aromatic heterocycles. The molecule has 28 heavy (non-hydrogen) atoms. The summed E-state index contributed by atoms with van der Waals surface area (Å²) in [5.74, 6) is 1.86. The Morgan fingerprint density at radius 1 is 0.857 bits per heavy atom. The molecular weight excluding hydrogens is 387 g/mol. The van der Waals surface area contributed by atoms with Gasteiger partial charge in [0.15, 0.2) is 0 Å². The van der Waals surface area contributed by atoms with Gasteiger partial charge in [-0.3, -0.25) is 4.90 Å². The highest BCUT2D eigenvalue weighted by Crippen LogP contribution is 2.53. The van der Waals surface area contributed by atoms with Crippen LogP contribution in [0.5, 0.6) is 0 Å². The van der Waals surface area contributed by atoms with Crippen LogP contribution in [-0.4, -0.2) is 36.6 Å². The van der Waals surface area contributed by atoms with E-state index in [1.807, 2.05) is 0 Å². The van der Waals surface area contributed by atoms with Crippen LogP contribution in [0.25, 0.3) is 0 Å². The van der Waals surface area contributed by atoms with Gasteiger partial charge in [0.25, 0.3) is 0 Å². The summed E-state index contributed by atoms with van der Waals surface area (Å²) in [5, 5.41) is 4.71. The van der Waals surface area contributed by atoms with E-state index in [0.717, 1.165) is 18.1 Å². The van der Waals surface area contributed by atoms with Gasteiger partial charge in [0, 0.05) is 17.1 Å². The monoisotopic (exact) mass is 416 g/mol. The molecule has 1 saturated carbocycles. The molecule has 150 valence electrons. The van der Waals surface area contributed by atoms with Crippen LogP contribution in [0.2, 0.25) is 5.02 Å². The molecule has 0 amide bonds. The Hall–Kier alpha value is -1.06. The molecular formula is C24H30Cl2N2. The van der Waals surface area contributed by atoms with Gasteiger partial charge in [0.2, 0.25) is 0 Å². The third-order valence-electron chi connectivity index (χ3n) is 7.37. The summed E-state index contributed by atoms with van der Waals surface area (Å²) in [5.41, 5.74) is 3.28. The van der Waals surface area contributed by atoms with Crippen LogP contribution in [0.1, 0.15) is 48.6 Å². The van der Waals surface area contributed by atoms with Crippen molar-refractivity contribution in [2.75, 3.05) is 26.2 Å². The minimum Gasteiger partial charge on any atom is -0.315 e. The van der Waals surface area contributed by atoms with Gasteiger partial charge in [-0.15, -0.1) is 12.4 Å². The van der Waals surface area contributed by atoms with Gasteiger partial charge in [-0.2, -0.15) is 0 Å². The van der Waals surface area contributed by atoms with Crippen molar-refractivity contribution in [2.24, 2.45) is 5.92 Å². The highest BCUT2D eigenvalue weighted by Gasteiger charge is 2.51. The van der Waals surface area contributed by atoms with Gasteiger partial charge < -0.3 is 5.32 Å². The van der Waals surface area contributed by atoms with Crippen LogP contribution in [0.3, 0.4) is 0 Å². The Balaban J connectivity index is 0.00000192. The molecule has 2 aromatic rings. The maximum atomic E-state index is 6.20. The summed E-state index contributed by atoms with van der Waals surface area (Å²) in [6.45, 7) is 4.78. The second-order valence-corrected chi connectivity index (χ2v) is 9.23. The van der Waals surface area contributed by atoms with Crippen LogP contribution in [0, 0.1) is 5.92 Å². The summed E-state index contributed by atoms with van der Waals surface area (Å²) in [4.78, 5) is 2.82. The second kappa shape index (κ2) is 8.36. The van der Waals surface area contributed by atoms with Crippen molar-refractivity contribution in [3.05, 3.63) is 70.7 Å². The first-order valence-corrected chi connectivity index (χ1v) is 10.9. The molecule has 4 heteroatoms. The quantitative estimate of drug-likeness (QED) is 0.712. The maximum absolute atomic E-state index is 6.20. The standard InChI is InChI=1S/C24H29ClN2.ClH/c25-20-10-8-19(9-11-20)22-15-24(27-12-4-5-13-27)14-21(23(22)16-26-17-24)18-6-2-1-3-7-18;/h1-3,6-11,21-23,26H,4-5,12-17H2;1H. The van der Waals surface area contributed by atoms with Crippen LogP contribution < -0.4 is 5.32 Å². The van der Waals surface area contributed by atoms with E-state index in [1.165, 1.54) is 49.9 Å². The molecule has 4 unspecified atom stereocenters. The number of likely N-dealkylation sites (tertiary alicyclic amines) is 1. The molecule has 3 aliphatic heterocycles. The molecule has 4 atom stereocenters. The molecule has 4 aliphatic rings. The molecule has 0 spiro atoms. The summed E-state index contributed by atoms with van der Waals surface area (Å²) in [6, 6.07) is 19.9. The highest BCUT2D eigenvalue weighted by molar-refractivity contribution is 6.30. The Morgan fingerprint density at radius 2 is 1.46 bits per heavy atom. The van der Waals surface area contributed by atoms with Gasteiger partial charge in [-0.1, -0.05) is 54.1 Å². The zero-order chi connectivity index (χ0) is 18.3. The average Bonchev–Trinajstić information content (AvgIpc) is 3.12. The lowest BCUT2D eigenvalue weighted by Crippen LogP contribution is -2.55. The van der Waals surface area contributed by atoms with E-state index in [4.69, 9.17) is 11.6 Å². The van der Waals surface area contributed by atoms with Crippen molar-refractivity contribution in [3.8, 4) is 0 Å². The van der Waals surface area contributed by atoms with E-state index in [-0.39, 0.29) is 17.9 Å². The maximum Gasteiger partial charge on any atom is 0.0406 e. The lowest BCUT2D eigenvalue weighted by atomic mass is 9.61. The van der Waals surface area contributed by atoms with E-state index in [0.29, 0.717) is 17.8 Å². The molecule has 0 radical (unpaired) electrons. The smallest absolute Gasteiger partial charge is 0.0406 e. The molecule has 4 fully saturated rings. The van der Waals surface area contributed by atoms with Crippen molar-refractivity contribution >= 4 is 24.0 Å². The molecule has 3 heterocycles. The largest absolute Gasteiger partial charge is 0.315 e. The number of nitrogens with one attached hydrogen (secondary N) is 1. The summed E-state index contributed by atoms with van der Waals surface area (Å²) in [6.07, 6.45) is 5.27. The van der Waals surface area contributed by atoms with E-state index >= 15 is 0 Å². The molecule has 1 N–H and O–H groups in total. The Kier molecular flexibility index (Phi) is 6.04. The van der Waals surface area contributed by atoms with E-state index in [1.54, 1.807) is 0 Å². The van der Waals surface area contributed by atoms with Gasteiger partial charge in [-0.05, 0) is 86.3 Å². The van der Waals surface area contributed by atoms with Crippen LogP contribution in [-0.2, 0) is 0 Å². The van der Waals surface area contributed by atoms with Gasteiger partial charge in [-0.25, -0.2) is 0 Å². The number of hydrogen-bond donors (Lipinski definition) is 1. The highest BCUT2D eigenvalue weighted by atomic mass is 35.5. The topological polar surface area (TPSA) is 15.3 Å². The van der Waals surface area contributed by atoms with Gasteiger partial charge >= 0.3 is 0 Å². The zero-order valence-corrected chi connectivity index (χ0v) is 17.9. The van der Waals surface area contributed by atoms with E-state index < -0.39 is 0 Å². The summed E-state index contributed by atoms with van der Waals surface area (Å²) < 4.78 is 0. The number of rotatable bonds is 3. The average molecular weight is 417 g/mol. The molecule has 6 rings (SSSR count). The SMILES string of the molecule is Cl.Clc1ccc(C2CC3(N4CCCC4)CNCC2C(c2ccccc2)C3)cc1. The fourth-order valence-corrected chi connectivity index (χ4v) is 6.21. The van der Waals surface area contributed by atoms with Crippen molar-refractivity contribution in [1.29, 1.82) is 0 Å². The van der Waals surface area contributed by atoms with E-state index in [2.05, 4.69) is 64.8 Å². The van der Waals surface area contributed by atoms with Gasteiger partial charge in [0.05, 0.1) is 0 Å². The minimum atomic E-state index is 0. The first-order chi connectivity index (χ1) is 13.3. The van der Waals surface area contributed by atoms with Crippen molar-refractivity contribution in [2.45, 2.75) is 43.1 Å². The summed E-state index contributed by atoms with van der Waals surface area (Å²) >= 11 is 6.20. The fourth-order valence-electron chi connectivity index (χ4n) is 6.09. The van der Waals surface area contributed by atoms with E-state index in [9.17, 15) is 0 Å². The van der Waals surface area contributed by atoms with Crippen LogP contribution >= 0.6 is 24.0 Å². The predicted octanol–water partition coefficient (Wildman–Crippen LogP) is 5.48. The number of fused-ring (bicyclic) bond motifs is 4. The van der Waals surface area contributed by atoms with Crippen molar-refractivity contribution in [3.63, 3.8) is 0 Å². The fraction of sp³-hybridized carbons (Fsp3) is 0.500. The van der Waals surface area contributed by atoms with Crippen LogP contribution in [0.4, 0.5) is 0 Å². The Labute approximate surface area is 180 Å². The zero-order valence-electron chi connectivity index (χ0n) is 16.3. The van der Waals surface area contributed by atoms with Crippen LogP contribution in [0.15, 0.2) is 54.6 Å². The van der Waals surface area contributed by atoms with Crippen molar-refractivity contribution in [1.82, 2.24) is 10.2 Å². The Bertz CT molecular complexity index is 773. The molecule has 1 aliphatic carbocycles. The second-order valence-electron chi connectivity index (χ2n) is 8.80. The molecule has 2 bridgehead atoms. The molecule has 2 nitrogen and oxygen atoms in total. The Morgan fingerprint density at radius 3 is 2.11 bits per heavy atom. The normalized spacial score (nSPS) is 32.7. The number of benzene rings is 2. The van der Waals surface area contributed by atoms with Gasteiger partial charge in [0.1, 0.15) is 0 Å². The first-order valence-electron chi connectivity index (χ1n) is 10.5. The lowest BCUT2D eigenvalue weighted by Gasteiger charge is -2.50. The number of nitrogens with zero attached hydrogens (tertiary/aromatic N) is 1. The number of hydrogen-bond acceptors (Lipinski definition) is 2. The summed E-state index contributed by atoms with van der Waals surface area (Å²) in [7, 11) is 0. The van der Waals surface area contributed by atoms with Crippen molar-refractivity contribution < 1.29 is 0 Å². The first kappa shape index (κ1) is 20.2. The molecule has 2 aromatic carbocycles. The molecule has 3 saturated heterocycles. The third kappa shape index (κ3) is 3.61. The lowest BCUT2D eigenvalue weighted by molar-refractivity contribution is 0.0543.